The van der Waals surface area contributed by atoms with E-state index >= 15 is 0 Å². The van der Waals surface area contributed by atoms with Gasteiger partial charge in [-0.05, 0) is 13.3 Å². The minimum Gasteiger partial charge on any atom is -0.459 e. The molecule has 0 radical (unpaired) electrons. The maximum Gasteiger partial charge on any atom is 0.306 e. The Morgan fingerprint density at radius 1 is 1.00 bits per heavy atom. The molecule has 1 saturated heterocycles. The van der Waals surface area contributed by atoms with Crippen molar-refractivity contribution in [2.45, 2.75) is 116 Å². The summed E-state index contributed by atoms with van der Waals surface area (Å²) in [7, 11) is 0. The molecule has 0 spiro atoms. The standard InChI is InChI=1S/C22H41NO6/c1-3-4-5-6-7-8-9-10-11-12-13-14-20(25)29-22-18(15-19(24)23-27)16-28-17(2)21(22)26/h17-18,21-22,26-27H,3-16H2,1-2H3,(H,23,24)/t17-,18+,21-,22-/m1/s1. The van der Waals surface area contributed by atoms with E-state index in [0.29, 0.717) is 6.42 Å². The molecule has 3 N–H and O–H groups in total. The fraction of sp³-hybridized carbons (Fsp3) is 0.909. The molecule has 0 aromatic rings. The Morgan fingerprint density at radius 2 is 1.55 bits per heavy atom. The summed E-state index contributed by atoms with van der Waals surface area (Å²) in [5, 5.41) is 19.0. The average Bonchev–Trinajstić information content (AvgIpc) is 2.71. The van der Waals surface area contributed by atoms with Crippen LogP contribution in [0.3, 0.4) is 0 Å². The molecule has 0 aromatic heterocycles. The van der Waals surface area contributed by atoms with E-state index in [2.05, 4.69) is 6.92 Å². The second-order valence-corrected chi connectivity index (χ2v) is 8.27. The molecule has 4 atom stereocenters. The van der Waals surface area contributed by atoms with Gasteiger partial charge in [-0.1, -0.05) is 71.1 Å². The third-order valence-electron chi connectivity index (χ3n) is 5.68. The highest BCUT2D eigenvalue weighted by molar-refractivity contribution is 5.75. The normalized spacial score (nSPS) is 24.3. The van der Waals surface area contributed by atoms with Crippen LogP contribution in [0.1, 0.15) is 97.3 Å². The molecule has 7 nitrogen and oxygen atoms in total. The van der Waals surface area contributed by atoms with E-state index < -0.39 is 30.1 Å². The van der Waals surface area contributed by atoms with Gasteiger partial charge in [0.05, 0.1) is 12.7 Å². The topological polar surface area (TPSA) is 105 Å². The van der Waals surface area contributed by atoms with E-state index in [1.807, 2.05) is 0 Å². The average molecular weight is 416 g/mol. The SMILES string of the molecule is CCCCCCCCCCCCCC(=O)O[C@@H]1[C@@H](CC(=O)NO)CO[C@H](C)[C@H]1O. The maximum absolute atomic E-state index is 12.2. The molecule has 0 aliphatic carbocycles. The number of hydrogen-bond donors (Lipinski definition) is 3. The Bertz CT molecular complexity index is 459. The Hall–Kier alpha value is -1.18. The number of ether oxygens (including phenoxy) is 2. The predicted molar refractivity (Wildman–Crippen MR) is 110 cm³/mol. The zero-order valence-electron chi connectivity index (χ0n) is 18.2. The van der Waals surface area contributed by atoms with Gasteiger partial charge in [0, 0.05) is 18.8 Å². The van der Waals surface area contributed by atoms with Crippen molar-refractivity contribution in [3.63, 3.8) is 0 Å². The summed E-state index contributed by atoms with van der Waals surface area (Å²) in [4.78, 5) is 23.6. The highest BCUT2D eigenvalue weighted by Crippen LogP contribution is 2.26. The first kappa shape index (κ1) is 25.9. The minimum atomic E-state index is -0.985. The number of carbonyl (C=O) groups excluding carboxylic acids is 2. The summed E-state index contributed by atoms with van der Waals surface area (Å²) in [6.45, 7) is 4.13. The number of esters is 1. The number of rotatable bonds is 15. The lowest BCUT2D eigenvalue weighted by atomic mass is 9.90. The van der Waals surface area contributed by atoms with Gasteiger partial charge in [0.15, 0.2) is 0 Å². The predicted octanol–water partition coefficient (Wildman–Crippen LogP) is 3.89. The fourth-order valence-electron chi connectivity index (χ4n) is 3.78. The molecule has 1 amide bonds. The Labute approximate surface area is 175 Å². The van der Waals surface area contributed by atoms with Crippen molar-refractivity contribution in [2.75, 3.05) is 6.61 Å². The van der Waals surface area contributed by atoms with Crippen LogP contribution in [-0.2, 0) is 19.1 Å². The lowest BCUT2D eigenvalue weighted by Crippen LogP contribution is -2.51. The molecule has 1 aliphatic rings. The van der Waals surface area contributed by atoms with Crippen LogP contribution in [0, 0.1) is 5.92 Å². The number of amides is 1. The molecule has 0 saturated carbocycles. The number of aliphatic hydroxyl groups excluding tert-OH is 1. The van der Waals surface area contributed by atoms with Crippen molar-refractivity contribution in [2.24, 2.45) is 5.92 Å². The first-order valence-electron chi connectivity index (χ1n) is 11.4. The van der Waals surface area contributed by atoms with Crippen LogP contribution in [0.5, 0.6) is 0 Å². The molecule has 1 aliphatic heterocycles. The number of unbranched alkanes of at least 4 members (excludes halogenated alkanes) is 10. The third kappa shape index (κ3) is 11.0. The van der Waals surface area contributed by atoms with Gasteiger partial charge in [0.25, 0.3) is 0 Å². The van der Waals surface area contributed by atoms with E-state index in [9.17, 15) is 14.7 Å². The lowest BCUT2D eigenvalue weighted by Gasteiger charge is -2.38. The van der Waals surface area contributed by atoms with Gasteiger partial charge in [-0.2, -0.15) is 0 Å². The van der Waals surface area contributed by atoms with Crippen molar-refractivity contribution in [3.8, 4) is 0 Å². The summed E-state index contributed by atoms with van der Waals surface area (Å²) in [6.07, 6.45) is 11.3. The van der Waals surface area contributed by atoms with Gasteiger partial charge < -0.3 is 14.6 Å². The summed E-state index contributed by atoms with van der Waals surface area (Å²) in [5.74, 6) is -1.42. The number of nitrogens with one attached hydrogen (secondary N) is 1. The Balaban J connectivity index is 2.18. The Kier molecular flexibility index (Phi) is 13.9. The van der Waals surface area contributed by atoms with Crippen LogP contribution in [0.15, 0.2) is 0 Å². The van der Waals surface area contributed by atoms with E-state index in [-0.39, 0.29) is 19.0 Å². The van der Waals surface area contributed by atoms with Gasteiger partial charge in [-0.15, -0.1) is 0 Å². The molecule has 7 heteroatoms. The molecule has 0 unspecified atom stereocenters. The summed E-state index contributed by atoms with van der Waals surface area (Å²) < 4.78 is 10.9. The molecular formula is C22H41NO6. The van der Waals surface area contributed by atoms with Gasteiger partial charge in [-0.25, -0.2) is 5.48 Å². The number of aliphatic hydroxyl groups is 1. The van der Waals surface area contributed by atoms with Gasteiger partial charge >= 0.3 is 5.97 Å². The molecule has 0 aromatic carbocycles. The maximum atomic E-state index is 12.2. The third-order valence-corrected chi connectivity index (χ3v) is 5.68. The highest BCUT2D eigenvalue weighted by Gasteiger charge is 2.40. The van der Waals surface area contributed by atoms with Crippen LogP contribution < -0.4 is 5.48 Å². The monoisotopic (exact) mass is 415 g/mol. The molecule has 0 bridgehead atoms. The molecule has 1 heterocycles. The first-order chi connectivity index (χ1) is 14.0. The first-order valence-corrected chi connectivity index (χ1v) is 11.4. The van der Waals surface area contributed by atoms with Crippen molar-refractivity contribution >= 4 is 11.9 Å². The van der Waals surface area contributed by atoms with Crippen LogP contribution in [0.2, 0.25) is 0 Å². The van der Waals surface area contributed by atoms with Crippen molar-refractivity contribution in [1.82, 2.24) is 5.48 Å². The number of hydrogen-bond acceptors (Lipinski definition) is 6. The quantitative estimate of drug-likeness (QED) is 0.162. The Morgan fingerprint density at radius 3 is 2.10 bits per heavy atom. The molecule has 1 rings (SSSR count). The van der Waals surface area contributed by atoms with Crippen LogP contribution in [-0.4, -0.2) is 47.1 Å². The van der Waals surface area contributed by atoms with Gasteiger partial charge in [-0.3, -0.25) is 14.8 Å². The van der Waals surface area contributed by atoms with E-state index in [4.69, 9.17) is 14.7 Å². The smallest absolute Gasteiger partial charge is 0.306 e. The molecule has 29 heavy (non-hydrogen) atoms. The molecule has 1 fully saturated rings. The fourth-order valence-corrected chi connectivity index (χ4v) is 3.78. The minimum absolute atomic E-state index is 0.0727. The number of carbonyl (C=O) groups is 2. The summed E-state index contributed by atoms with van der Waals surface area (Å²) in [6, 6.07) is 0. The molecular weight excluding hydrogens is 374 g/mol. The highest BCUT2D eigenvalue weighted by atomic mass is 16.6. The lowest BCUT2D eigenvalue weighted by molar-refractivity contribution is -0.192. The number of hydroxylamine groups is 1. The second kappa shape index (κ2) is 15.6. The van der Waals surface area contributed by atoms with Crippen molar-refractivity contribution < 1.29 is 29.4 Å². The summed E-state index contributed by atoms with van der Waals surface area (Å²) >= 11 is 0. The molecule has 170 valence electrons. The summed E-state index contributed by atoms with van der Waals surface area (Å²) in [5.41, 5.74) is 1.57. The van der Waals surface area contributed by atoms with Crippen LogP contribution in [0.4, 0.5) is 0 Å². The van der Waals surface area contributed by atoms with Crippen LogP contribution in [0.25, 0.3) is 0 Å². The van der Waals surface area contributed by atoms with Crippen molar-refractivity contribution in [1.29, 1.82) is 0 Å². The van der Waals surface area contributed by atoms with E-state index in [1.54, 1.807) is 12.4 Å². The van der Waals surface area contributed by atoms with Crippen molar-refractivity contribution in [3.05, 3.63) is 0 Å². The van der Waals surface area contributed by atoms with Crippen LogP contribution >= 0.6 is 0 Å². The zero-order chi connectivity index (χ0) is 21.5. The zero-order valence-corrected chi connectivity index (χ0v) is 18.2. The van der Waals surface area contributed by atoms with E-state index in [1.165, 1.54) is 51.4 Å². The second-order valence-electron chi connectivity index (χ2n) is 8.27. The van der Waals surface area contributed by atoms with Gasteiger partial charge in [0.1, 0.15) is 12.2 Å². The van der Waals surface area contributed by atoms with Gasteiger partial charge in [0.2, 0.25) is 5.91 Å². The largest absolute Gasteiger partial charge is 0.459 e. The van der Waals surface area contributed by atoms with E-state index in [0.717, 1.165) is 19.3 Å².